The zero-order valence-electron chi connectivity index (χ0n) is 11.2. The first-order valence-corrected chi connectivity index (χ1v) is 7.28. The van der Waals surface area contributed by atoms with Crippen LogP contribution in [0.4, 0.5) is 0 Å². The molecule has 0 saturated heterocycles. The summed E-state index contributed by atoms with van der Waals surface area (Å²) in [6.07, 6.45) is 10.9. The molecule has 0 unspecified atom stereocenters. The van der Waals surface area contributed by atoms with Crippen LogP contribution in [0.5, 0.6) is 0 Å². The van der Waals surface area contributed by atoms with Crippen molar-refractivity contribution in [3.05, 3.63) is 30.5 Å². The molecule has 0 spiro atoms. The quantitative estimate of drug-likeness (QED) is 0.639. The SMILES string of the molecule is C=C[C@H](OC1CCCCC1)n1cnc2c(Cl)ncnc21. The molecule has 0 N–H and O–H groups in total. The van der Waals surface area contributed by atoms with Crippen molar-refractivity contribution in [1.29, 1.82) is 0 Å². The molecule has 2 aromatic heterocycles. The van der Waals surface area contributed by atoms with E-state index in [1.165, 1.54) is 25.6 Å². The van der Waals surface area contributed by atoms with E-state index in [2.05, 4.69) is 21.5 Å². The summed E-state index contributed by atoms with van der Waals surface area (Å²) in [6, 6.07) is 0. The molecule has 1 saturated carbocycles. The third kappa shape index (κ3) is 2.55. The van der Waals surface area contributed by atoms with Crippen LogP contribution in [0.2, 0.25) is 5.15 Å². The maximum Gasteiger partial charge on any atom is 0.167 e. The molecule has 0 bridgehead atoms. The van der Waals surface area contributed by atoms with Crippen LogP contribution in [0.15, 0.2) is 25.3 Å². The maximum absolute atomic E-state index is 6.13. The third-order valence-corrected chi connectivity index (χ3v) is 3.95. The summed E-state index contributed by atoms with van der Waals surface area (Å²) < 4.78 is 7.99. The average molecular weight is 293 g/mol. The second-order valence-electron chi connectivity index (χ2n) is 5.01. The molecule has 5 nitrogen and oxygen atoms in total. The van der Waals surface area contributed by atoms with Gasteiger partial charge in [-0.05, 0) is 18.9 Å². The van der Waals surface area contributed by atoms with Crippen LogP contribution in [0, 0.1) is 0 Å². The van der Waals surface area contributed by atoms with Gasteiger partial charge in [0.1, 0.15) is 11.8 Å². The van der Waals surface area contributed by atoms with Crippen LogP contribution in [-0.4, -0.2) is 25.6 Å². The summed E-state index contributed by atoms with van der Waals surface area (Å²) in [5, 5.41) is 0.356. The fourth-order valence-electron chi connectivity index (χ4n) is 2.64. The van der Waals surface area contributed by atoms with E-state index in [-0.39, 0.29) is 12.3 Å². The topological polar surface area (TPSA) is 52.8 Å². The van der Waals surface area contributed by atoms with Gasteiger partial charge in [-0.3, -0.25) is 4.57 Å². The normalized spacial score (nSPS) is 18.2. The lowest BCUT2D eigenvalue weighted by Crippen LogP contribution is -2.22. The molecule has 0 aromatic carbocycles. The highest BCUT2D eigenvalue weighted by Gasteiger charge is 2.20. The van der Waals surface area contributed by atoms with E-state index >= 15 is 0 Å². The minimum absolute atomic E-state index is 0.269. The van der Waals surface area contributed by atoms with Crippen molar-refractivity contribution in [2.45, 2.75) is 44.4 Å². The molecule has 106 valence electrons. The van der Waals surface area contributed by atoms with Gasteiger partial charge in [-0.2, -0.15) is 0 Å². The number of aromatic nitrogens is 4. The van der Waals surface area contributed by atoms with Crippen LogP contribution in [0.25, 0.3) is 11.2 Å². The van der Waals surface area contributed by atoms with Gasteiger partial charge < -0.3 is 4.74 Å². The monoisotopic (exact) mass is 292 g/mol. The molecule has 1 fully saturated rings. The lowest BCUT2D eigenvalue weighted by atomic mass is 9.98. The van der Waals surface area contributed by atoms with Crippen LogP contribution in [0.3, 0.4) is 0 Å². The summed E-state index contributed by atoms with van der Waals surface area (Å²) in [5.74, 6) is 0. The largest absolute Gasteiger partial charge is 0.351 e. The minimum Gasteiger partial charge on any atom is -0.351 e. The summed E-state index contributed by atoms with van der Waals surface area (Å²) >= 11 is 6.02. The summed E-state index contributed by atoms with van der Waals surface area (Å²) in [5.41, 5.74) is 1.26. The van der Waals surface area contributed by atoms with Crippen LogP contribution in [-0.2, 0) is 4.74 Å². The number of halogens is 1. The lowest BCUT2D eigenvalue weighted by Gasteiger charge is -2.26. The van der Waals surface area contributed by atoms with E-state index in [1.54, 1.807) is 12.4 Å². The van der Waals surface area contributed by atoms with Crippen molar-refractivity contribution in [2.75, 3.05) is 0 Å². The van der Waals surface area contributed by atoms with Crippen molar-refractivity contribution in [2.24, 2.45) is 0 Å². The van der Waals surface area contributed by atoms with Crippen LogP contribution >= 0.6 is 11.6 Å². The minimum atomic E-state index is -0.269. The van der Waals surface area contributed by atoms with Gasteiger partial charge in [0.05, 0.1) is 12.4 Å². The van der Waals surface area contributed by atoms with Gasteiger partial charge in [-0.25, -0.2) is 15.0 Å². The van der Waals surface area contributed by atoms with Crippen molar-refractivity contribution < 1.29 is 4.74 Å². The number of rotatable bonds is 4. The third-order valence-electron chi connectivity index (χ3n) is 3.67. The van der Waals surface area contributed by atoms with E-state index in [9.17, 15) is 0 Å². The molecular weight excluding hydrogens is 276 g/mol. The highest BCUT2D eigenvalue weighted by Crippen LogP contribution is 2.27. The van der Waals surface area contributed by atoms with E-state index < -0.39 is 0 Å². The predicted molar refractivity (Wildman–Crippen MR) is 77.5 cm³/mol. The fourth-order valence-corrected chi connectivity index (χ4v) is 2.82. The number of nitrogens with zero attached hydrogens (tertiary/aromatic N) is 4. The van der Waals surface area contributed by atoms with E-state index in [4.69, 9.17) is 16.3 Å². The second-order valence-corrected chi connectivity index (χ2v) is 5.37. The molecule has 2 aromatic rings. The molecule has 1 atom stereocenters. The Bertz CT molecular complexity index is 606. The smallest absolute Gasteiger partial charge is 0.167 e. The van der Waals surface area contributed by atoms with Gasteiger partial charge >= 0.3 is 0 Å². The van der Waals surface area contributed by atoms with Crippen molar-refractivity contribution in [1.82, 2.24) is 19.5 Å². The Kier molecular flexibility index (Phi) is 3.98. The molecule has 1 aliphatic rings. The Hall–Kier alpha value is -1.46. The standard InChI is InChI=1S/C14H17ClN4O/c1-2-11(20-10-6-4-3-5-7-10)19-9-18-12-13(15)16-8-17-14(12)19/h2,8-11H,1,3-7H2/t11-/m0/s1. The number of imidazole rings is 1. The van der Waals surface area contributed by atoms with Crippen LogP contribution in [0.1, 0.15) is 38.3 Å². The Balaban J connectivity index is 1.87. The Morgan fingerprint density at radius 2 is 2.10 bits per heavy atom. The molecule has 1 aliphatic carbocycles. The fraction of sp³-hybridized carbons (Fsp3) is 0.500. The molecule has 3 rings (SSSR count). The highest BCUT2D eigenvalue weighted by atomic mass is 35.5. The predicted octanol–water partition coefficient (Wildman–Crippen LogP) is 3.51. The summed E-state index contributed by atoms with van der Waals surface area (Å²) in [4.78, 5) is 12.4. The van der Waals surface area contributed by atoms with Gasteiger partial charge in [0, 0.05) is 0 Å². The van der Waals surface area contributed by atoms with Gasteiger partial charge in [-0.1, -0.05) is 37.4 Å². The molecule has 0 radical (unpaired) electrons. The van der Waals surface area contributed by atoms with Crippen molar-refractivity contribution in [3.8, 4) is 0 Å². The van der Waals surface area contributed by atoms with Gasteiger partial charge in [-0.15, -0.1) is 0 Å². The Morgan fingerprint density at radius 3 is 2.85 bits per heavy atom. The number of hydrogen-bond donors (Lipinski definition) is 0. The molecule has 20 heavy (non-hydrogen) atoms. The molecular formula is C14H17ClN4O. The van der Waals surface area contributed by atoms with Gasteiger partial charge in [0.15, 0.2) is 17.0 Å². The molecule has 6 heteroatoms. The number of fused-ring (bicyclic) bond motifs is 1. The van der Waals surface area contributed by atoms with E-state index in [1.807, 2.05) is 4.57 Å². The summed E-state index contributed by atoms with van der Waals surface area (Å²) in [6.45, 7) is 3.86. The van der Waals surface area contributed by atoms with Gasteiger partial charge in [0.2, 0.25) is 0 Å². The Morgan fingerprint density at radius 1 is 1.30 bits per heavy atom. The average Bonchev–Trinajstić information content (AvgIpc) is 2.91. The second kappa shape index (κ2) is 5.89. The summed E-state index contributed by atoms with van der Waals surface area (Å²) in [7, 11) is 0. The van der Waals surface area contributed by atoms with Gasteiger partial charge in [0.25, 0.3) is 0 Å². The van der Waals surface area contributed by atoms with Crippen molar-refractivity contribution >= 4 is 22.8 Å². The number of ether oxygens (including phenoxy) is 1. The van der Waals surface area contributed by atoms with E-state index in [0.29, 0.717) is 16.3 Å². The number of hydrogen-bond acceptors (Lipinski definition) is 4. The molecule has 2 heterocycles. The van der Waals surface area contributed by atoms with E-state index in [0.717, 1.165) is 12.8 Å². The lowest BCUT2D eigenvalue weighted by molar-refractivity contribution is -0.0400. The first kappa shape index (κ1) is 13.5. The Labute approximate surface area is 122 Å². The first-order valence-electron chi connectivity index (χ1n) is 6.90. The molecule has 0 amide bonds. The first-order chi connectivity index (χ1) is 9.79. The van der Waals surface area contributed by atoms with Crippen LogP contribution < -0.4 is 0 Å². The zero-order valence-corrected chi connectivity index (χ0v) is 12.0. The molecule has 0 aliphatic heterocycles. The maximum atomic E-state index is 6.13. The van der Waals surface area contributed by atoms with Crippen molar-refractivity contribution in [3.63, 3.8) is 0 Å². The highest BCUT2D eigenvalue weighted by molar-refractivity contribution is 6.33. The zero-order chi connectivity index (χ0) is 13.9.